The zero-order valence-electron chi connectivity index (χ0n) is 10.3. The molecule has 1 N–H and O–H groups in total. The van der Waals surface area contributed by atoms with Crippen LogP contribution in [-0.4, -0.2) is 39.3 Å². The molecule has 2 aliphatic heterocycles. The summed E-state index contributed by atoms with van der Waals surface area (Å²) in [6.07, 6.45) is 3.98. The molecule has 94 valence electrons. The Morgan fingerprint density at radius 1 is 1.47 bits per heavy atom. The minimum Gasteiger partial charge on any atom is -0.479 e. The first-order valence-electron chi connectivity index (χ1n) is 5.71. The zero-order chi connectivity index (χ0) is 12.8. The first kappa shape index (κ1) is 12.0. The molecule has 5 heteroatoms. The van der Waals surface area contributed by atoms with Crippen molar-refractivity contribution in [2.24, 2.45) is 0 Å². The SMILES string of the molecule is CC(C)(C)OC(=O)N1[C@@H]2C=C[C@@]1(C(=O)O)CC2. The van der Waals surface area contributed by atoms with Gasteiger partial charge in [-0.3, -0.25) is 4.90 Å². The van der Waals surface area contributed by atoms with E-state index in [4.69, 9.17) is 4.74 Å². The highest BCUT2D eigenvalue weighted by Crippen LogP contribution is 2.42. The monoisotopic (exact) mass is 239 g/mol. The summed E-state index contributed by atoms with van der Waals surface area (Å²) in [6.45, 7) is 5.30. The van der Waals surface area contributed by atoms with E-state index in [0.717, 1.165) is 0 Å². The molecule has 0 aromatic heterocycles. The Morgan fingerprint density at radius 2 is 2.12 bits per heavy atom. The molecule has 5 nitrogen and oxygen atoms in total. The highest BCUT2D eigenvalue weighted by atomic mass is 16.6. The third-order valence-corrected chi connectivity index (χ3v) is 3.14. The lowest BCUT2D eigenvalue weighted by molar-refractivity contribution is -0.146. The molecule has 0 saturated carbocycles. The van der Waals surface area contributed by atoms with E-state index in [9.17, 15) is 14.7 Å². The maximum Gasteiger partial charge on any atom is 0.412 e. The van der Waals surface area contributed by atoms with E-state index in [1.807, 2.05) is 0 Å². The van der Waals surface area contributed by atoms with Crippen molar-refractivity contribution >= 4 is 12.1 Å². The summed E-state index contributed by atoms with van der Waals surface area (Å²) in [7, 11) is 0. The van der Waals surface area contributed by atoms with Crippen molar-refractivity contribution in [3.63, 3.8) is 0 Å². The normalized spacial score (nSPS) is 30.8. The van der Waals surface area contributed by atoms with Gasteiger partial charge in [-0.25, -0.2) is 9.59 Å². The molecular formula is C12H17NO4. The Morgan fingerprint density at radius 3 is 2.53 bits per heavy atom. The number of carboxylic acid groups (broad SMARTS) is 1. The third-order valence-electron chi connectivity index (χ3n) is 3.14. The Hall–Kier alpha value is -1.52. The second kappa shape index (κ2) is 3.48. The van der Waals surface area contributed by atoms with Gasteiger partial charge in [-0.2, -0.15) is 0 Å². The van der Waals surface area contributed by atoms with Crippen molar-refractivity contribution < 1.29 is 19.4 Å². The van der Waals surface area contributed by atoms with Gasteiger partial charge in [0.1, 0.15) is 5.60 Å². The van der Waals surface area contributed by atoms with E-state index in [2.05, 4.69) is 0 Å². The average Bonchev–Trinajstić information content (AvgIpc) is 2.70. The van der Waals surface area contributed by atoms with Crippen LogP contribution >= 0.6 is 0 Å². The number of carbonyl (C=O) groups excluding carboxylic acids is 1. The zero-order valence-corrected chi connectivity index (χ0v) is 10.3. The number of carboxylic acids is 1. The Kier molecular flexibility index (Phi) is 2.45. The van der Waals surface area contributed by atoms with E-state index in [1.165, 1.54) is 4.90 Å². The van der Waals surface area contributed by atoms with E-state index in [1.54, 1.807) is 32.9 Å². The number of ether oxygens (including phenoxy) is 1. The summed E-state index contributed by atoms with van der Waals surface area (Å²) in [4.78, 5) is 24.7. The van der Waals surface area contributed by atoms with Gasteiger partial charge in [-0.05, 0) is 39.7 Å². The van der Waals surface area contributed by atoms with E-state index in [0.29, 0.717) is 12.8 Å². The number of hydrogen-bond donors (Lipinski definition) is 1. The molecule has 0 aromatic carbocycles. The molecule has 0 spiro atoms. The Bertz CT molecular complexity index is 396. The van der Waals surface area contributed by atoms with Gasteiger partial charge in [0.15, 0.2) is 5.54 Å². The second-order valence-electron chi connectivity index (χ2n) is 5.54. The molecular weight excluding hydrogens is 222 g/mol. The van der Waals surface area contributed by atoms with Crippen molar-refractivity contribution in [3.05, 3.63) is 12.2 Å². The van der Waals surface area contributed by atoms with Crippen LogP contribution in [0.15, 0.2) is 12.2 Å². The summed E-state index contributed by atoms with van der Waals surface area (Å²) in [5.41, 5.74) is -1.80. The van der Waals surface area contributed by atoms with Crippen LogP contribution in [0, 0.1) is 0 Å². The fourth-order valence-electron chi connectivity index (χ4n) is 2.42. The number of fused-ring (bicyclic) bond motifs is 2. The van der Waals surface area contributed by atoms with Crippen molar-refractivity contribution in [1.29, 1.82) is 0 Å². The van der Waals surface area contributed by atoms with Crippen LogP contribution in [0.4, 0.5) is 4.79 Å². The first-order chi connectivity index (χ1) is 7.76. The summed E-state index contributed by atoms with van der Waals surface area (Å²) >= 11 is 0. The van der Waals surface area contributed by atoms with Crippen LogP contribution in [-0.2, 0) is 9.53 Å². The first-order valence-corrected chi connectivity index (χ1v) is 5.71. The van der Waals surface area contributed by atoms with E-state index < -0.39 is 23.2 Å². The van der Waals surface area contributed by atoms with Gasteiger partial charge in [0, 0.05) is 0 Å². The number of nitrogens with zero attached hydrogens (tertiary/aromatic N) is 1. The summed E-state index contributed by atoms with van der Waals surface area (Å²) in [5.74, 6) is -0.986. The lowest BCUT2D eigenvalue weighted by Crippen LogP contribution is -2.52. The molecule has 2 rings (SSSR count). The Labute approximate surface area is 100 Å². The van der Waals surface area contributed by atoms with Crippen molar-refractivity contribution in [1.82, 2.24) is 4.90 Å². The van der Waals surface area contributed by atoms with Crippen molar-refractivity contribution in [2.45, 2.75) is 50.8 Å². The topological polar surface area (TPSA) is 66.8 Å². The van der Waals surface area contributed by atoms with E-state index in [-0.39, 0.29) is 6.04 Å². The molecule has 1 amide bonds. The third kappa shape index (κ3) is 1.79. The standard InChI is InChI=1S/C12H17NO4/c1-11(2,3)17-10(16)13-8-4-6-12(13,7-5-8)9(14)15/h4,6,8H,5,7H2,1-3H3,(H,14,15)/t8-,12+/m1/s1. The highest BCUT2D eigenvalue weighted by Gasteiger charge is 2.56. The summed E-state index contributed by atoms with van der Waals surface area (Å²) in [6, 6.07) is -0.138. The molecule has 0 aliphatic carbocycles. The predicted molar refractivity (Wildman–Crippen MR) is 60.6 cm³/mol. The quantitative estimate of drug-likeness (QED) is 0.708. The molecule has 1 fully saturated rings. The van der Waals surface area contributed by atoms with Gasteiger partial charge in [-0.15, -0.1) is 0 Å². The number of hydrogen-bond acceptors (Lipinski definition) is 3. The van der Waals surface area contributed by atoms with Crippen LogP contribution in [0.5, 0.6) is 0 Å². The van der Waals surface area contributed by atoms with Gasteiger partial charge >= 0.3 is 12.1 Å². The average molecular weight is 239 g/mol. The van der Waals surface area contributed by atoms with Gasteiger partial charge in [-0.1, -0.05) is 6.08 Å². The maximum absolute atomic E-state index is 12.0. The minimum absolute atomic E-state index is 0.138. The lowest BCUT2D eigenvalue weighted by atomic mass is 9.94. The molecule has 2 heterocycles. The van der Waals surface area contributed by atoms with Gasteiger partial charge in [0.25, 0.3) is 0 Å². The van der Waals surface area contributed by atoms with Crippen LogP contribution < -0.4 is 0 Å². The molecule has 1 saturated heterocycles. The minimum atomic E-state index is -1.19. The van der Waals surface area contributed by atoms with Gasteiger partial charge in [0.2, 0.25) is 0 Å². The number of amides is 1. The molecule has 0 unspecified atom stereocenters. The smallest absolute Gasteiger partial charge is 0.412 e. The number of carbonyl (C=O) groups is 2. The molecule has 2 atom stereocenters. The highest BCUT2D eigenvalue weighted by molar-refractivity contribution is 5.89. The maximum atomic E-state index is 12.0. The molecule has 0 aromatic rings. The van der Waals surface area contributed by atoms with Crippen LogP contribution in [0.1, 0.15) is 33.6 Å². The van der Waals surface area contributed by atoms with Gasteiger partial charge < -0.3 is 9.84 Å². The van der Waals surface area contributed by atoms with Crippen LogP contribution in [0.2, 0.25) is 0 Å². The van der Waals surface area contributed by atoms with Crippen molar-refractivity contribution in [3.8, 4) is 0 Å². The summed E-state index contributed by atoms with van der Waals surface area (Å²) in [5, 5.41) is 9.31. The molecule has 2 aliphatic rings. The van der Waals surface area contributed by atoms with E-state index >= 15 is 0 Å². The molecule has 2 bridgehead atoms. The predicted octanol–water partition coefficient (Wildman–Crippen LogP) is 1.78. The molecule has 0 radical (unpaired) electrons. The van der Waals surface area contributed by atoms with Crippen molar-refractivity contribution in [2.75, 3.05) is 0 Å². The van der Waals surface area contributed by atoms with Crippen LogP contribution in [0.25, 0.3) is 0 Å². The lowest BCUT2D eigenvalue weighted by Gasteiger charge is -2.32. The summed E-state index contributed by atoms with van der Waals surface area (Å²) < 4.78 is 5.26. The van der Waals surface area contributed by atoms with Crippen LogP contribution in [0.3, 0.4) is 0 Å². The number of aliphatic carboxylic acids is 1. The fourth-order valence-corrected chi connectivity index (χ4v) is 2.42. The second-order valence-corrected chi connectivity index (χ2v) is 5.54. The fraction of sp³-hybridized carbons (Fsp3) is 0.667. The number of rotatable bonds is 1. The Balaban J connectivity index is 2.23. The molecule has 17 heavy (non-hydrogen) atoms. The van der Waals surface area contributed by atoms with Gasteiger partial charge in [0.05, 0.1) is 6.04 Å². The largest absolute Gasteiger partial charge is 0.479 e.